The highest BCUT2D eigenvalue weighted by molar-refractivity contribution is 6.34. The highest BCUT2D eigenvalue weighted by atomic mass is 35.5. The monoisotopic (exact) mass is 350 g/mol. The summed E-state index contributed by atoms with van der Waals surface area (Å²) in [6.45, 7) is 6.61. The number of rotatable bonds is 1. The second-order valence-electron chi connectivity index (χ2n) is 7.43. The molecule has 2 aliphatic heterocycles. The summed E-state index contributed by atoms with van der Waals surface area (Å²) in [6, 6.07) is 7.31. The van der Waals surface area contributed by atoms with Gasteiger partial charge in [0, 0.05) is 13.1 Å². The van der Waals surface area contributed by atoms with Crippen molar-refractivity contribution in [3.8, 4) is 0 Å². The third-order valence-corrected chi connectivity index (χ3v) is 4.96. The third-order valence-electron chi connectivity index (χ3n) is 4.64. The van der Waals surface area contributed by atoms with Gasteiger partial charge in [0.15, 0.2) is 0 Å². The Kier molecular flexibility index (Phi) is 4.24. The van der Waals surface area contributed by atoms with Crippen molar-refractivity contribution in [2.75, 3.05) is 18.0 Å². The first-order valence-corrected chi connectivity index (χ1v) is 8.69. The van der Waals surface area contributed by atoms with Crippen LogP contribution in [-0.2, 0) is 9.53 Å². The Morgan fingerprint density at radius 3 is 2.58 bits per heavy atom. The summed E-state index contributed by atoms with van der Waals surface area (Å²) in [7, 11) is 0. The van der Waals surface area contributed by atoms with Gasteiger partial charge in [0.05, 0.1) is 10.7 Å². The lowest BCUT2D eigenvalue weighted by atomic mass is 9.94. The number of benzene rings is 1. The normalized spacial score (nSPS) is 24.1. The first kappa shape index (κ1) is 17.1. The van der Waals surface area contributed by atoms with Crippen LogP contribution in [0.15, 0.2) is 24.3 Å². The third kappa shape index (κ3) is 2.86. The molecule has 5 nitrogen and oxygen atoms in total. The van der Waals surface area contributed by atoms with Crippen LogP contribution in [0, 0.1) is 0 Å². The predicted octanol–water partition coefficient (Wildman–Crippen LogP) is 3.85. The summed E-state index contributed by atoms with van der Waals surface area (Å²) in [4.78, 5) is 29.1. The van der Waals surface area contributed by atoms with Gasteiger partial charge in [-0.2, -0.15) is 0 Å². The van der Waals surface area contributed by atoms with E-state index in [1.54, 1.807) is 15.9 Å². The number of nitrogens with zero attached hydrogens (tertiary/aromatic N) is 2. The summed E-state index contributed by atoms with van der Waals surface area (Å²) in [6.07, 6.45) is 1.68. The fourth-order valence-electron chi connectivity index (χ4n) is 3.60. The standard InChI is InChI=1S/C18H23ClN2O3/c1-17(2,3)24-16(23)21-11-6-9-18(21)10-12-20(15(18)22)14-8-5-4-7-13(14)19/h4-5,7-8H,6,9-12H2,1-3H3. The van der Waals surface area contributed by atoms with Crippen LogP contribution in [-0.4, -0.2) is 41.1 Å². The van der Waals surface area contributed by atoms with Crippen LogP contribution < -0.4 is 4.90 Å². The second kappa shape index (κ2) is 5.96. The molecule has 1 unspecified atom stereocenters. The zero-order valence-corrected chi connectivity index (χ0v) is 15.1. The maximum Gasteiger partial charge on any atom is 0.411 e. The molecular formula is C18H23ClN2O3. The van der Waals surface area contributed by atoms with Crippen LogP contribution in [0.25, 0.3) is 0 Å². The Morgan fingerprint density at radius 1 is 1.21 bits per heavy atom. The van der Waals surface area contributed by atoms with Crippen molar-refractivity contribution in [2.45, 2.75) is 51.2 Å². The average Bonchev–Trinajstić information content (AvgIpc) is 3.05. The predicted molar refractivity (Wildman–Crippen MR) is 93.3 cm³/mol. The highest BCUT2D eigenvalue weighted by Gasteiger charge is 2.56. The number of amides is 2. The van der Waals surface area contributed by atoms with Crippen LogP contribution in [0.3, 0.4) is 0 Å². The van der Waals surface area contributed by atoms with Crippen molar-refractivity contribution < 1.29 is 14.3 Å². The number of hydrogen-bond donors (Lipinski definition) is 0. The molecule has 130 valence electrons. The quantitative estimate of drug-likeness (QED) is 0.773. The molecule has 2 saturated heterocycles. The smallest absolute Gasteiger partial charge is 0.411 e. The fraction of sp³-hybridized carbons (Fsp3) is 0.556. The second-order valence-corrected chi connectivity index (χ2v) is 7.83. The van der Waals surface area contributed by atoms with E-state index in [9.17, 15) is 9.59 Å². The molecule has 2 aliphatic rings. The maximum atomic E-state index is 13.2. The molecule has 0 aliphatic carbocycles. The Labute approximate surface area is 147 Å². The van der Waals surface area contributed by atoms with Crippen LogP contribution in [0.1, 0.15) is 40.0 Å². The first-order chi connectivity index (χ1) is 11.2. The van der Waals surface area contributed by atoms with Gasteiger partial charge < -0.3 is 9.64 Å². The van der Waals surface area contributed by atoms with Crippen LogP contribution in [0.4, 0.5) is 10.5 Å². The Morgan fingerprint density at radius 2 is 1.92 bits per heavy atom. The van der Waals surface area contributed by atoms with E-state index in [0.717, 1.165) is 6.42 Å². The minimum atomic E-state index is -0.790. The summed E-state index contributed by atoms with van der Waals surface area (Å²) >= 11 is 6.25. The zero-order chi connectivity index (χ0) is 17.5. The summed E-state index contributed by atoms with van der Waals surface area (Å²) in [5.74, 6) is -0.0565. The molecule has 0 radical (unpaired) electrons. The van der Waals surface area contributed by atoms with Gasteiger partial charge in [0.2, 0.25) is 0 Å². The van der Waals surface area contributed by atoms with E-state index in [4.69, 9.17) is 16.3 Å². The van der Waals surface area contributed by atoms with Gasteiger partial charge in [0.25, 0.3) is 5.91 Å². The molecule has 0 bridgehead atoms. The molecule has 6 heteroatoms. The van der Waals surface area contributed by atoms with E-state index < -0.39 is 17.2 Å². The van der Waals surface area contributed by atoms with E-state index in [0.29, 0.717) is 36.6 Å². The van der Waals surface area contributed by atoms with E-state index in [1.807, 2.05) is 39.0 Å². The molecule has 1 aromatic rings. The van der Waals surface area contributed by atoms with E-state index >= 15 is 0 Å². The summed E-state index contributed by atoms with van der Waals surface area (Å²) in [5, 5.41) is 0.546. The molecule has 0 aromatic heterocycles. The number of anilines is 1. The summed E-state index contributed by atoms with van der Waals surface area (Å²) in [5.41, 5.74) is -0.663. The van der Waals surface area contributed by atoms with Crippen molar-refractivity contribution in [1.82, 2.24) is 4.90 Å². The van der Waals surface area contributed by atoms with Gasteiger partial charge >= 0.3 is 6.09 Å². The maximum absolute atomic E-state index is 13.2. The van der Waals surface area contributed by atoms with Crippen molar-refractivity contribution in [1.29, 1.82) is 0 Å². The molecule has 3 rings (SSSR count). The minimum absolute atomic E-state index is 0.0565. The minimum Gasteiger partial charge on any atom is -0.444 e. The van der Waals surface area contributed by atoms with Gasteiger partial charge in [0.1, 0.15) is 11.1 Å². The molecular weight excluding hydrogens is 328 g/mol. The molecule has 24 heavy (non-hydrogen) atoms. The lowest BCUT2D eigenvalue weighted by Gasteiger charge is -2.34. The average molecular weight is 351 g/mol. The van der Waals surface area contributed by atoms with Crippen molar-refractivity contribution in [2.24, 2.45) is 0 Å². The topological polar surface area (TPSA) is 49.9 Å². The van der Waals surface area contributed by atoms with Gasteiger partial charge in [-0.1, -0.05) is 23.7 Å². The van der Waals surface area contributed by atoms with Gasteiger partial charge in [-0.25, -0.2) is 4.79 Å². The SMILES string of the molecule is CC(C)(C)OC(=O)N1CCCC12CCN(c1ccccc1Cl)C2=O. The number of likely N-dealkylation sites (tertiary alicyclic amines) is 1. The number of hydrogen-bond acceptors (Lipinski definition) is 3. The molecule has 2 amide bonds. The molecule has 0 saturated carbocycles. The van der Waals surface area contributed by atoms with Gasteiger partial charge in [-0.15, -0.1) is 0 Å². The highest BCUT2D eigenvalue weighted by Crippen LogP contribution is 2.42. The number of carbonyl (C=O) groups excluding carboxylic acids is 2. The van der Waals surface area contributed by atoms with Crippen LogP contribution in [0.5, 0.6) is 0 Å². The zero-order valence-electron chi connectivity index (χ0n) is 14.3. The van der Waals surface area contributed by atoms with Gasteiger partial charge in [-0.05, 0) is 52.2 Å². The number of halogens is 1. The number of para-hydroxylation sites is 1. The largest absolute Gasteiger partial charge is 0.444 e. The Bertz CT molecular complexity index is 670. The lowest BCUT2D eigenvalue weighted by Crippen LogP contribution is -2.54. The fourth-order valence-corrected chi connectivity index (χ4v) is 3.84. The van der Waals surface area contributed by atoms with Crippen LogP contribution in [0.2, 0.25) is 5.02 Å². The molecule has 1 spiro atoms. The van der Waals surface area contributed by atoms with E-state index in [-0.39, 0.29) is 5.91 Å². The summed E-state index contributed by atoms with van der Waals surface area (Å²) < 4.78 is 5.51. The molecule has 0 N–H and O–H groups in total. The van der Waals surface area contributed by atoms with Crippen molar-refractivity contribution >= 4 is 29.3 Å². The lowest BCUT2D eigenvalue weighted by molar-refractivity contribution is -0.126. The van der Waals surface area contributed by atoms with E-state index in [2.05, 4.69) is 0 Å². The van der Waals surface area contributed by atoms with Crippen molar-refractivity contribution in [3.05, 3.63) is 29.3 Å². The molecule has 1 atom stereocenters. The van der Waals surface area contributed by atoms with Crippen molar-refractivity contribution in [3.63, 3.8) is 0 Å². The molecule has 1 aromatic carbocycles. The first-order valence-electron chi connectivity index (χ1n) is 8.32. The Balaban J connectivity index is 1.87. The van der Waals surface area contributed by atoms with Crippen LogP contribution >= 0.6 is 11.6 Å². The molecule has 2 fully saturated rings. The Hall–Kier alpha value is -1.75. The van der Waals surface area contributed by atoms with Gasteiger partial charge in [-0.3, -0.25) is 9.69 Å². The molecule has 2 heterocycles. The number of carbonyl (C=O) groups is 2. The number of ether oxygens (including phenoxy) is 1. The van der Waals surface area contributed by atoms with E-state index in [1.165, 1.54) is 0 Å².